The molecule has 0 spiro atoms. The Bertz CT molecular complexity index is 1460. The Hall–Kier alpha value is -2.13. The van der Waals surface area contributed by atoms with Gasteiger partial charge in [0.05, 0.1) is 29.4 Å². The van der Waals surface area contributed by atoms with E-state index in [0.29, 0.717) is 28.6 Å². The molecule has 0 saturated carbocycles. The molecule has 0 unspecified atom stereocenters. The van der Waals surface area contributed by atoms with Gasteiger partial charge in [-0.05, 0) is 24.1 Å². The van der Waals surface area contributed by atoms with Crippen LogP contribution in [0.2, 0.25) is 5.02 Å². The Balaban J connectivity index is 1.63. The molecular formula is C24H23ClN4O2S2. The first-order chi connectivity index (χ1) is 15.9. The average Bonchev–Trinajstić information content (AvgIpc) is 3.19. The number of halogens is 1. The number of rotatable bonds is 2. The third kappa shape index (κ3) is 3.55. The zero-order chi connectivity index (χ0) is 22.7. The summed E-state index contributed by atoms with van der Waals surface area (Å²) in [5, 5.41) is 1.56. The van der Waals surface area contributed by atoms with E-state index in [9.17, 15) is 4.79 Å². The Morgan fingerprint density at radius 3 is 2.73 bits per heavy atom. The monoisotopic (exact) mass is 498 g/mol. The molecule has 0 bridgehead atoms. The van der Waals surface area contributed by atoms with Crippen LogP contribution in [0.3, 0.4) is 0 Å². The van der Waals surface area contributed by atoms with E-state index in [0.717, 1.165) is 46.8 Å². The maximum Gasteiger partial charge on any atom is 0.276 e. The van der Waals surface area contributed by atoms with Gasteiger partial charge in [-0.3, -0.25) is 9.36 Å². The van der Waals surface area contributed by atoms with Crippen molar-refractivity contribution in [3.63, 3.8) is 0 Å². The van der Waals surface area contributed by atoms with Gasteiger partial charge in [-0.1, -0.05) is 37.6 Å². The molecule has 2 aliphatic rings. The molecule has 4 aromatic rings. The average molecular weight is 499 g/mol. The normalized spacial score (nSPS) is 18.1. The molecule has 5 heterocycles. The molecule has 9 heteroatoms. The number of morpholine rings is 1. The van der Waals surface area contributed by atoms with E-state index >= 15 is 0 Å². The highest BCUT2D eigenvalue weighted by Gasteiger charge is 2.33. The number of hydrogen-bond donors (Lipinski definition) is 0. The molecule has 2 aliphatic heterocycles. The van der Waals surface area contributed by atoms with Crippen molar-refractivity contribution in [2.24, 2.45) is 0 Å². The van der Waals surface area contributed by atoms with Gasteiger partial charge < -0.3 is 9.64 Å². The van der Waals surface area contributed by atoms with Crippen molar-refractivity contribution < 1.29 is 4.74 Å². The first-order valence-electron chi connectivity index (χ1n) is 11.0. The number of anilines is 1. The van der Waals surface area contributed by atoms with E-state index in [1.807, 2.05) is 30.0 Å². The van der Waals surface area contributed by atoms with Gasteiger partial charge in [0.2, 0.25) is 0 Å². The second kappa shape index (κ2) is 7.98. The van der Waals surface area contributed by atoms with E-state index in [1.165, 1.54) is 27.0 Å². The van der Waals surface area contributed by atoms with Crippen LogP contribution in [-0.4, -0.2) is 45.6 Å². The largest absolute Gasteiger partial charge is 0.378 e. The van der Waals surface area contributed by atoms with Crippen molar-refractivity contribution in [1.29, 1.82) is 0 Å². The molecule has 170 valence electrons. The summed E-state index contributed by atoms with van der Waals surface area (Å²) in [5.74, 6) is 1.95. The summed E-state index contributed by atoms with van der Waals surface area (Å²) in [6.07, 6.45) is 2.52. The van der Waals surface area contributed by atoms with Crippen LogP contribution in [0, 0.1) is 0 Å². The first kappa shape index (κ1) is 21.4. The standard InChI is InChI=1S/C24H23ClN4O2S2/c1-24(2)11-14-15(12-32-24)21(28-7-9-31-10-8-28)27-22-18(14)19-20(33-22)23(30)29(13-26-19)17-6-4-3-5-16(17)25/h3-6,13H,7-12H2,1-2H3. The summed E-state index contributed by atoms with van der Waals surface area (Å²) >= 11 is 9.79. The van der Waals surface area contributed by atoms with Crippen LogP contribution < -0.4 is 10.5 Å². The smallest absolute Gasteiger partial charge is 0.276 e. The number of pyridine rings is 1. The van der Waals surface area contributed by atoms with Crippen molar-refractivity contribution in [2.75, 3.05) is 31.2 Å². The van der Waals surface area contributed by atoms with Gasteiger partial charge in [0.25, 0.3) is 5.56 Å². The Morgan fingerprint density at radius 1 is 1.15 bits per heavy atom. The second-order valence-electron chi connectivity index (χ2n) is 9.05. The minimum Gasteiger partial charge on any atom is -0.378 e. The van der Waals surface area contributed by atoms with E-state index in [1.54, 1.807) is 12.4 Å². The number of nitrogens with zero attached hydrogens (tertiary/aromatic N) is 4. The molecule has 1 fully saturated rings. The first-order valence-corrected chi connectivity index (χ1v) is 13.2. The highest BCUT2D eigenvalue weighted by atomic mass is 35.5. The lowest BCUT2D eigenvalue weighted by atomic mass is 9.94. The zero-order valence-corrected chi connectivity index (χ0v) is 20.8. The molecule has 1 aromatic carbocycles. The van der Waals surface area contributed by atoms with Crippen molar-refractivity contribution >= 4 is 61.0 Å². The number of aromatic nitrogens is 3. The lowest BCUT2D eigenvalue weighted by molar-refractivity contribution is 0.122. The molecule has 1 saturated heterocycles. The number of ether oxygens (including phenoxy) is 1. The summed E-state index contributed by atoms with van der Waals surface area (Å²) in [5.41, 5.74) is 3.85. The van der Waals surface area contributed by atoms with Crippen LogP contribution in [0.15, 0.2) is 35.4 Å². The summed E-state index contributed by atoms with van der Waals surface area (Å²) in [7, 11) is 0. The van der Waals surface area contributed by atoms with Gasteiger partial charge in [0.15, 0.2) is 0 Å². The highest BCUT2D eigenvalue weighted by molar-refractivity contribution is 7.99. The van der Waals surface area contributed by atoms with Gasteiger partial charge in [-0.2, -0.15) is 11.8 Å². The van der Waals surface area contributed by atoms with Crippen molar-refractivity contribution in [1.82, 2.24) is 14.5 Å². The van der Waals surface area contributed by atoms with Crippen LogP contribution >= 0.6 is 34.7 Å². The van der Waals surface area contributed by atoms with Crippen LogP contribution in [0.5, 0.6) is 0 Å². The third-order valence-electron chi connectivity index (χ3n) is 6.36. The number of para-hydroxylation sites is 1. The van der Waals surface area contributed by atoms with Gasteiger partial charge >= 0.3 is 0 Å². The lowest BCUT2D eigenvalue weighted by Gasteiger charge is -2.35. The highest BCUT2D eigenvalue weighted by Crippen LogP contribution is 2.46. The van der Waals surface area contributed by atoms with Crippen LogP contribution in [0.1, 0.15) is 25.0 Å². The number of thiophene rings is 1. The molecular weight excluding hydrogens is 476 g/mol. The molecule has 0 aliphatic carbocycles. The molecule has 6 rings (SSSR count). The van der Waals surface area contributed by atoms with Gasteiger partial charge in [0, 0.05) is 34.5 Å². The maximum absolute atomic E-state index is 13.5. The van der Waals surface area contributed by atoms with E-state index in [2.05, 4.69) is 18.7 Å². The second-order valence-corrected chi connectivity index (χ2v) is 12.1. The van der Waals surface area contributed by atoms with Gasteiger partial charge in [0.1, 0.15) is 21.7 Å². The van der Waals surface area contributed by atoms with Crippen molar-refractivity contribution in [3.05, 3.63) is 57.1 Å². The van der Waals surface area contributed by atoms with Crippen LogP contribution in [0.4, 0.5) is 5.82 Å². The molecule has 6 nitrogen and oxygen atoms in total. The lowest BCUT2D eigenvalue weighted by Crippen LogP contribution is -2.38. The molecule has 0 atom stereocenters. The molecule has 0 radical (unpaired) electrons. The summed E-state index contributed by atoms with van der Waals surface area (Å²) < 4.78 is 7.85. The summed E-state index contributed by atoms with van der Waals surface area (Å²) in [6.45, 7) is 7.66. The van der Waals surface area contributed by atoms with Crippen LogP contribution in [0.25, 0.3) is 26.1 Å². The predicted octanol–water partition coefficient (Wildman–Crippen LogP) is 5.05. The number of thioether (sulfide) groups is 1. The maximum atomic E-state index is 13.5. The Morgan fingerprint density at radius 2 is 1.94 bits per heavy atom. The fourth-order valence-electron chi connectivity index (χ4n) is 4.70. The Labute approximate surface area is 204 Å². The fourth-order valence-corrected chi connectivity index (χ4v) is 7.10. The number of fused-ring (bicyclic) bond motifs is 5. The van der Waals surface area contributed by atoms with Crippen molar-refractivity contribution in [3.8, 4) is 5.69 Å². The Kier molecular flexibility index (Phi) is 5.17. The minimum absolute atomic E-state index is 0.109. The molecule has 0 N–H and O–H groups in total. The summed E-state index contributed by atoms with van der Waals surface area (Å²) in [4.78, 5) is 26.7. The quantitative estimate of drug-likeness (QED) is 0.385. The van der Waals surface area contributed by atoms with E-state index in [-0.39, 0.29) is 10.3 Å². The zero-order valence-electron chi connectivity index (χ0n) is 18.4. The molecule has 33 heavy (non-hydrogen) atoms. The topological polar surface area (TPSA) is 60.2 Å². The molecule has 0 amide bonds. The number of hydrogen-bond acceptors (Lipinski definition) is 7. The van der Waals surface area contributed by atoms with Crippen molar-refractivity contribution in [2.45, 2.75) is 30.8 Å². The summed E-state index contributed by atoms with van der Waals surface area (Å²) in [6, 6.07) is 7.34. The van der Waals surface area contributed by atoms with E-state index in [4.69, 9.17) is 26.3 Å². The predicted molar refractivity (Wildman–Crippen MR) is 138 cm³/mol. The van der Waals surface area contributed by atoms with Gasteiger partial charge in [-0.25, -0.2) is 9.97 Å². The fraction of sp³-hybridized carbons (Fsp3) is 0.375. The van der Waals surface area contributed by atoms with Gasteiger partial charge in [-0.15, -0.1) is 11.3 Å². The van der Waals surface area contributed by atoms with Crippen LogP contribution in [-0.2, 0) is 16.9 Å². The number of benzene rings is 1. The minimum atomic E-state index is -0.109. The SMILES string of the molecule is CC1(C)Cc2c(c(N3CCOCC3)nc3sc4c(=O)n(-c5ccccc5Cl)cnc4c23)CS1. The molecule has 3 aromatic heterocycles. The third-order valence-corrected chi connectivity index (χ3v) is 9.09. The van der Waals surface area contributed by atoms with E-state index < -0.39 is 0 Å².